The van der Waals surface area contributed by atoms with Crippen LogP contribution >= 0.6 is 34.0 Å². The molecule has 0 aliphatic rings. The van der Waals surface area contributed by atoms with E-state index >= 15 is 0 Å². The highest BCUT2D eigenvalue weighted by Crippen LogP contribution is 2.10. The van der Waals surface area contributed by atoms with Gasteiger partial charge in [-0.2, -0.15) is 0 Å². The van der Waals surface area contributed by atoms with Crippen LogP contribution in [0.3, 0.4) is 0 Å². The van der Waals surface area contributed by atoms with E-state index in [9.17, 15) is 0 Å². The van der Waals surface area contributed by atoms with Crippen LogP contribution in [0.4, 0.5) is 0 Å². The summed E-state index contributed by atoms with van der Waals surface area (Å²) in [6.45, 7) is 0.606. The number of aryl methyl sites for hydroxylation is 2. The largest absolute Gasteiger partial charge is 0.373 e. The first kappa shape index (κ1) is 21.8. The van der Waals surface area contributed by atoms with Gasteiger partial charge in [-0.05, 0) is 29.5 Å². The summed E-state index contributed by atoms with van der Waals surface area (Å²) < 4.78 is 0. The van der Waals surface area contributed by atoms with Gasteiger partial charge in [-0.25, -0.2) is 0 Å². The monoisotopic (exact) mass is 441 g/mol. The molecular weight excluding hydrogens is 418 g/mol. The van der Waals surface area contributed by atoms with Crippen molar-refractivity contribution in [1.82, 2.24) is 5.32 Å². The molecule has 0 atom stereocenters. The number of hydrogen-bond donors (Lipinski definition) is 2. The van der Waals surface area contributed by atoms with Crippen molar-refractivity contribution in [3.8, 4) is 0 Å². The van der Waals surface area contributed by atoms with Crippen LogP contribution in [0.15, 0.2) is 53.5 Å². The fraction of sp³-hybridized carbons (Fsp3) is 0.278. The summed E-state index contributed by atoms with van der Waals surface area (Å²) in [5.74, 6) is 0.916. The number of amidine groups is 1. The Morgan fingerprint density at radius 2 is 1.30 bits per heavy atom. The Kier molecular flexibility index (Phi) is 10.8. The van der Waals surface area contributed by atoms with E-state index in [1.165, 1.54) is 16.7 Å². The van der Waals surface area contributed by atoms with Crippen LogP contribution in [0.25, 0.3) is 0 Å². The van der Waals surface area contributed by atoms with E-state index < -0.39 is 0 Å². The second kappa shape index (κ2) is 11.4. The molecule has 3 N–H and O–H groups in total. The molecule has 0 radical (unpaired) electrons. The first-order valence-corrected chi connectivity index (χ1v) is 7.28. The number of nitrogens with zero attached hydrogens (tertiary/aromatic N) is 1. The van der Waals surface area contributed by atoms with Gasteiger partial charge in [0.2, 0.25) is 0 Å². The van der Waals surface area contributed by atoms with Crippen LogP contribution < -0.4 is 11.1 Å². The molecule has 0 spiro atoms. The molecule has 0 unspecified atom stereocenters. The molecule has 2 aromatic rings. The van der Waals surface area contributed by atoms with Crippen molar-refractivity contribution in [2.45, 2.75) is 19.4 Å². The molecule has 0 aliphatic heterocycles. The van der Waals surface area contributed by atoms with Crippen LogP contribution in [0.5, 0.6) is 0 Å². The molecule has 0 saturated heterocycles. The SMILES string of the molecule is Br.Br.C/N=C(\NC)c1ccc(CCc2ccc(CN)cc2)cc1. The molecule has 0 fully saturated rings. The molecule has 3 nitrogen and oxygen atoms in total. The fourth-order valence-corrected chi connectivity index (χ4v) is 2.35. The van der Waals surface area contributed by atoms with Crippen molar-refractivity contribution in [2.24, 2.45) is 10.7 Å². The van der Waals surface area contributed by atoms with Gasteiger partial charge in [-0.15, -0.1) is 34.0 Å². The standard InChI is InChI=1S/C18H23N3.2BrH/c1-20-18(21-2)17-11-9-15(10-12-17)4-3-14-5-7-16(13-19)8-6-14;;/h5-12H,3-4,13,19H2,1-2H3,(H,20,21);2*1H. The number of halogens is 2. The highest BCUT2D eigenvalue weighted by molar-refractivity contribution is 8.93. The maximum atomic E-state index is 5.61. The third-order valence-corrected chi connectivity index (χ3v) is 3.65. The summed E-state index contributed by atoms with van der Waals surface area (Å²) in [7, 11) is 3.69. The van der Waals surface area contributed by atoms with Crippen LogP contribution in [0.1, 0.15) is 22.3 Å². The lowest BCUT2D eigenvalue weighted by molar-refractivity contribution is 0.955. The summed E-state index contributed by atoms with van der Waals surface area (Å²) in [6.07, 6.45) is 2.09. The van der Waals surface area contributed by atoms with Crippen molar-refractivity contribution in [2.75, 3.05) is 14.1 Å². The second-order valence-electron chi connectivity index (χ2n) is 5.04. The molecule has 0 aromatic heterocycles. The third-order valence-electron chi connectivity index (χ3n) is 3.65. The second-order valence-corrected chi connectivity index (χ2v) is 5.04. The topological polar surface area (TPSA) is 50.4 Å². The Morgan fingerprint density at radius 1 is 0.870 bits per heavy atom. The van der Waals surface area contributed by atoms with Crippen LogP contribution in [-0.2, 0) is 19.4 Å². The molecule has 0 saturated carbocycles. The lowest BCUT2D eigenvalue weighted by Crippen LogP contribution is -2.19. The van der Waals surface area contributed by atoms with Crippen molar-refractivity contribution >= 4 is 39.8 Å². The highest BCUT2D eigenvalue weighted by atomic mass is 79.9. The first-order chi connectivity index (χ1) is 10.3. The summed E-state index contributed by atoms with van der Waals surface area (Å²) in [6, 6.07) is 17.1. The first-order valence-electron chi connectivity index (χ1n) is 7.28. The maximum absolute atomic E-state index is 5.61. The minimum atomic E-state index is 0. The smallest absolute Gasteiger partial charge is 0.127 e. The van der Waals surface area contributed by atoms with E-state index in [4.69, 9.17) is 5.73 Å². The maximum Gasteiger partial charge on any atom is 0.127 e. The molecule has 0 aliphatic carbocycles. The van der Waals surface area contributed by atoms with E-state index in [0.717, 1.165) is 24.2 Å². The van der Waals surface area contributed by atoms with E-state index in [-0.39, 0.29) is 34.0 Å². The van der Waals surface area contributed by atoms with Gasteiger partial charge in [-0.1, -0.05) is 48.5 Å². The fourth-order valence-electron chi connectivity index (χ4n) is 2.35. The van der Waals surface area contributed by atoms with E-state index in [2.05, 4.69) is 58.8 Å². The Hall–Kier alpha value is -1.17. The Bertz CT molecular complexity index is 593. The van der Waals surface area contributed by atoms with Crippen LogP contribution in [0, 0.1) is 0 Å². The molecule has 0 heterocycles. The number of benzene rings is 2. The zero-order chi connectivity index (χ0) is 15.1. The quantitative estimate of drug-likeness (QED) is 0.548. The Morgan fingerprint density at radius 3 is 1.70 bits per heavy atom. The lowest BCUT2D eigenvalue weighted by atomic mass is 10.0. The molecule has 23 heavy (non-hydrogen) atoms. The van der Waals surface area contributed by atoms with Gasteiger partial charge in [-0.3, -0.25) is 4.99 Å². The van der Waals surface area contributed by atoms with Crippen molar-refractivity contribution in [3.63, 3.8) is 0 Å². The predicted molar refractivity (Wildman–Crippen MR) is 110 cm³/mol. The van der Waals surface area contributed by atoms with Gasteiger partial charge in [0.15, 0.2) is 0 Å². The number of nitrogens with one attached hydrogen (secondary N) is 1. The molecule has 5 heteroatoms. The lowest BCUT2D eigenvalue weighted by Gasteiger charge is -2.07. The predicted octanol–water partition coefficient (Wildman–Crippen LogP) is 3.68. The summed E-state index contributed by atoms with van der Waals surface area (Å²) >= 11 is 0. The normalized spacial score (nSPS) is 10.5. The zero-order valence-corrected chi connectivity index (χ0v) is 17.0. The van der Waals surface area contributed by atoms with Crippen molar-refractivity contribution < 1.29 is 0 Å². The number of nitrogens with two attached hydrogens (primary N) is 1. The summed E-state index contributed by atoms with van der Waals surface area (Å²) in [5, 5.41) is 3.10. The average Bonchev–Trinajstić information content (AvgIpc) is 2.55. The zero-order valence-electron chi connectivity index (χ0n) is 13.6. The summed E-state index contributed by atoms with van der Waals surface area (Å²) in [4.78, 5) is 4.21. The van der Waals surface area contributed by atoms with Gasteiger partial charge in [0.05, 0.1) is 0 Å². The van der Waals surface area contributed by atoms with Crippen LogP contribution in [-0.4, -0.2) is 19.9 Å². The molecular formula is C18H25Br2N3. The van der Waals surface area contributed by atoms with Gasteiger partial charge in [0.25, 0.3) is 0 Å². The van der Waals surface area contributed by atoms with Crippen LogP contribution in [0.2, 0.25) is 0 Å². The molecule has 2 aromatic carbocycles. The number of hydrogen-bond acceptors (Lipinski definition) is 2. The van der Waals surface area contributed by atoms with Gasteiger partial charge < -0.3 is 11.1 Å². The average molecular weight is 443 g/mol. The molecule has 0 bridgehead atoms. The van der Waals surface area contributed by atoms with Gasteiger partial charge in [0, 0.05) is 26.2 Å². The van der Waals surface area contributed by atoms with Crippen molar-refractivity contribution in [3.05, 3.63) is 70.8 Å². The number of rotatable bonds is 5. The summed E-state index contributed by atoms with van der Waals surface area (Å²) in [5.41, 5.74) is 10.6. The molecule has 126 valence electrons. The Balaban J connectivity index is 0.00000242. The van der Waals surface area contributed by atoms with Gasteiger partial charge in [0.1, 0.15) is 5.84 Å². The van der Waals surface area contributed by atoms with Crippen molar-refractivity contribution in [1.29, 1.82) is 0 Å². The minimum absolute atomic E-state index is 0. The van der Waals surface area contributed by atoms with E-state index in [1.807, 2.05) is 7.05 Å². The van der Waals surface area contributed by atoms with E-state index in [1.54, 1.807) is 7.05 Å². The molecule has 2 rings (SSSR count). The number of aliphatic imine (C=N–C) groups is 1. The third kappa shape index (κ3) is 6.45. The van der Waals surface area contributed by atoms with Gasteiger partial charge >= 0.3 is 0 Å². The molecule has 0 amide bonds. The highest BCUT2D eigenvalue weighted by Gasteiger charge is 2.01. The van der Waals surface area contributed by atoms with E-state index in [0.29, 0.717) is 6.54 Å². The Labute approximate surface area is 159 Å². The minimum Gasteiger partial charge on any atom is -0.373 e.